The van der Waals surface area contributed by atoms with Crippen molar-refractivity contribution in [2.45, 2.75) is 0 Å². The second kappa shape index (κ2) is 5.45. The number of hydrogen-bond acceptors (Lipinski definition) is 4. The Bertz CT molecular complexity index is 548. The van der Waals surface area contributed by atoms with Gasteiger partial charge in [-0.05, 0) is 30.3 Å². The topological polar surface area (TPSA) is 58.1 Å². The monoisotopic (exact) mass is 292 g/mol. The van der Waals surface area contributed by atoms with Gasteiger partial charge in [-0.15, -0.1) is 0 Å². The molecule has 0 spiro atoms. The molecule has 1 aromatic carbocycles. The van der Waals surface area contributed by atoms with E-state index in [0.29, 0.717) is 11.3 Å². The van der Waals surface area contributed by atoms with Crippen LogP contribution in [0.15, 0.2) is 55.7 Å². The standard InChI is InChI=1S/C12H9BrN2O2/c13-10-3-4-12(16)9(6-10)7-14-15-8-11-2-1-5-17-11/h1-8,16H/b14-7-,15-8-. The summed E-state index contributed by atoms with van der Waals surface area (Å²) in [6.45, 7) is 0. The van der Waals surface area contributed by atoms with Crippen LogP contribution >= 0.6 is 15.9 Å². The Hall–Kier alpha value is -1.88. The highest BCUT2D eigenvalue weighted by atomic mass is 79.9. The van der Waals surface area contributed by atoms with Crippen LogP contribution in [-0.4, -0.2) is 17.5 Å². The number of hydrogen-bond donors (Lipinski definition) is 1. The molecule has 1 heterocycles. The van der Waals surface area contributed by atoms with E-state index in [1.165, 1.54) is 12.4 Å². The summed E-state index contributed by atoms with van der Waals surface area (Å²) in [5.74, 6) is 0.783. The second-order valence-electron chi connectivity index (χ2n) is 3.21. The van der Waals surface area contributed by atoms with Gasteiger partial charge in [-0.2, -0.15) is 10.2 Å². The van der Waals surface area contributed by atoms with Crippen molar-refractivity contribution in [3.8, 4) is 5.75 Å². The first kappa shape index (κ1) is 11.6. The highest BCUT2D eigenvalue weighted by molar-refractivity contribution is 9.10. The van der Waals surface area contributed by atoms with Crippen LogP contribution in [0.2, 0.25) is 0 Å². The molecule has 4 nitrogen and oxygen atoms in total. The molecule has 2 rings (SSSR count). The fourth-order valence-corrected chi connectivity index (χ4v) is 1.56. The molecule has 0 bridgehead atoms. The Morgan fingerprint density at radius 2 is 2.00 bits per heavy atom. The number of aromatic hydroxyl groups is 1. The molecule has 5 heteroatoms. The van der Waals surface area contributed by atoms with Gasteiger partial charge in [0.2, 0.25) is 0 Å². The normalized spacial score (nSPS) is 11.6. The van der Waals surface area contributed by atoms with Crippen LogP contribution in [0.5, 0.6) is 5.75 Å². The van der Waals surface area contributed by atoms with Gasteiger partial charge in [-0.3, -0.25) is 0 Å². The molecule has 1 aromatic heterocycles. The van der Waals surface area contributed by atoms with Crippen LogP contribution < -0.4 is 0 Å². The largest absolute Gasteiger partial charge is 0.507 e. The van der Waals surface area contributed by atoms with Gasteiger partial charge in [0.05, 0.1) is 18.7 Å². The van der Waals surface area contributed by atoms with E-state index in [1.54, 1.807) is 36.6 Å². The van der Waals surface area contributed by atoms with Gasteiger partial charge >= 0.3 is 0 Å². The first-order chi connectivity index (χ1) is 8.25. The van der Waals surface area contributed by atoms with Crippen LogP contribution in [0.3, 0.4) is 0 Å². The van der Waals surface area contributed by atoms with Gasteiger partial charge in [0.15, 0.2) is 0 Å². The maximum Gasteiger partial charge on any atom is 0.146 e. The fraction of sp³-hybridized carbons (Fsp3) is 0. The van der Waals surface area contributed by atoms with Crippen LogP contribution in [0.25, 0.3) is 0 Å². The molecule has 86 valence electrons. The zero-order valence-corrected chi connectivity index (χ0v) is 10.3. The summed E-state index contributed by atoms with van der Waals surface area (Å²) in [5.41, 5.74) is 0.593. The SMILES string of the molecule is Oc1ccc(Br)cc1/C=N\N=C/c1ccco1. The van der Waals surface area contributed by atoms with E-state index in [1.807, 2.05) is 0 Å². The van der Waals surface area contributed by atoms with Crippen molar-refractivity contribution in [3.63, 3.8) is 0 Å². The molecular weight excluding hydrogens is 284 g/mol. The maximum atomic E-state index is 9.54. The lowest BCUT2D eigenvalue weighted by atomic mass is 10.2. The Kier molecular flexibility index (Phi) is 3.72. The Balaban J connectivity index is 2.08. The third-order valence-electron chi connectivity index (χ3n) is 1.98. The van der Waals surface area contributed by atoms with E-state index in [0.717, 1.165) is 4.47 Å². The van der Waals surface area contributed by atoms with E-state index in [9.17, 15) is 5.11 Å². The van der Waals surface area contributed by atoms with Crippen LogP contribution in [0.4, 0.5) is 0 Å². The average Bonchev–Trinajstić information content (AvgIpc) is 2.82. The van der Waals surface area contributed by atoms with Crippen molar-refractivity contribution >= 4 is 28.4 Å². The molecule has 0 aliphatic rings. The van der Waals surface area contributed by atoms with E-state index in [2.05, 4.69) is 26.1 Å². The van der Waals surface area contributed by atoms with Crippen LogP contribution in [-0.2, 0) is 0 Å². The molecular formula is C12H9BrN2O2. The summed E-state index contributed by atoms with van der Waals surface area (Å²) in [4.78, 5) is 0. The number of halogens is 1. The fourth-order valence-electron chi connectivity index (χ4n) is 1.18. The molecule has 17 heavy (non-hydrogen) atoms. The lowest BCUT2D eigenvalue weighted by Crippen LogP contribution is -1.82. The molecule has 0 unspecified atom stereocenters. The minimum Gasteiger partial charge on any atom is -0.507 e. The van der Waals surface area contributed by atoms with Crippen molar-refractivity contribution in [3.05, 3.63) is 52.4 Å². The lowest BCUT2D eigenvalue weighted by molar-refractivity contribution is 0.474. The minimum absolute atomic E-state index is 0.158. The number of benzene rings is 1. The average molecular weight is 293 g/mol. The molecule has 2 aromatic rings. The summed E-state index contributed by atoms with van der Waals surface area (Å²) in [6.07, 6.45) is 4.52. The number of phenolic OH excluding ortho intramolecular Hbond substituents is 1. The highest BCUT2D eigenvalue weighted by Gasteiger charge is 1.97. The maximum absolute atomic E-state index is 9.54. The quantitative estimate of drug-likeness (QED) is 0.698. The van der Waals surface area contributed by atoms with Crippen molar-refractivity contribution in [1.82, 2.24) is 0 Å². The first-order valence-electron chi connectivity index (χ1n) is 4.84. The van der Waals surface area contributed by atoms with Gasteiger partial charge < -0.3 is 9.52 Å². The number of rotatable bonds is 3. The van der Waals surface area contributed by atoms with Crippen molar-refractivity contribution in [2.24, 2.45) is 10.2 Å². The third kappa shape index (κ3) is 3.29. The first-order valence-corrected chi connectivity index (χ1v) is 5.63. The zero-order chi connectivity index (χ0) is 12.1. The number of nitrogens with zero attached hydrogens (tertiary/aromatic N) is 2. The minimum atomic E-state index is 0.158. The number of furan rings is 1. The summed E-state index contributed by atoms with van der Waals surface area (Å²) in [5, 5.41) is 17.2. The molecule has 0 aliphatic carbocycles. The van der Waals surface area contributed by atoms with Crippen LogP contribution in [0, 0.1) is 0 Å². The Labute approximate surface area is 106 Å². The summed E-state index contributed by atoms with van der Waals surface area (Å²) in [6, 6.07) is 8.63. The smallest absolute Gasteiger partial charge is 0.146 e. The lowest BCUT2D eigenvalue weighted by Gasteiger charge is -1.97. The molecule has 1 N–H and O–H groups in total. The van der Waals surface area contributed by atoms with Gasteiger partial charge in [-0.25, -0.2) is 0 Å². The predicted molar refractivity (Wildman–Crippen MR) is 69.7 cm³/mol. The molecule has 0 radical (unpaired) electrons. The molecule has 0 amide bonds. The van der Waals surface area contributed by atoms with Crippen LogP contribution in [0.1, 0.15) is 11.3 Å². The van der Waals surface area contributed by atoms with E-state index in [-0.39, 0.29) is 5.75 Å². The van der Waals surface area contributed by atoms with Gasteiger partial charge in [0.25, 0.3) is 0 Å². The summed E-state index contributed by atoms with van der Waals surface area (Å²) in [7, 11) is 0. The van der Waals surface area contributed by atoms with E-state index < -0.39 is 0 Å². The van der Waals surface area contributed by atoms with Gasteiger partial charge in [-0.1, -0.05) is 15.9 Å². The van der Waals surface area contributed by atoms with Crippen molar-refractivity contribution in [1.29, 1.82) is 0 Å². The molecule has 0 saturated heterocycles. The highest BCUT2D eigenvalue weighted by Crippen LogP contribution is 2.19. The molecule has 0 atom stereocenters. The van der Waals surface area contributed by atoms with Crippen molar-refractivity contribution in [2.75, 3.05) is 0 Å². The molecule has 0 saturated carbocycles. The summed E-state index contributed by atoms with van der Waals surface area (Å²) >= 11 is 3.31. The Morgan fingerprint density at radius 1 is 1.18 bits per heavy atom. The summed E-state index contributed by atoms with van der Waals surface area (Å²) < 4.78 is 5.92. The predicted octanol–water partition coefficient (Wildman–Crippen LogP) is 3.20. The van der Waals surface area contributed by atoms with E-state index >= 15 is 0 Å². The van der Waals surface area contributed by atoms with Gasteiger partial charge in [0.1, 0.15) is 11.5 Å². The Morgan fingerprint density at radius 3 is 2.76 bits per heavy atom. The van der Waals surface area contributed by atoms with Gasteiger partial charge in [0, 0.05) is 10.0 Å². The molecule has 0 fully saturated rings. The number of phenols is 1. The second-order valence-corrected chi connectivity index (χ2v) is 4.12. The zero-order valence-electron chi connectivity index (χ0n) is 8.75. The van der Waals surface area contributed by atoms with E-state index in [4.69, 9.17) is 4.42 Å². The third-order valence-corrected chi connectivity index (χ3v) is 2.47. The molecule has 0 aliphatic heterocycles. The van der Waals surface area contributed by atoms with Crippen molar-refractivity contribution < 1.29 is 9.52 Å².